The third-order valence-corrected chi connectivity index (χ3v) is 12.6. The summed E-state index contributed by atoms with van der Waals surface area (Å²) in [6.45, 7) is 13.0. The normalized spacial score (nSPS) is 13.9. The predicted octanol–water partition coefficient (Wildman–Crippen LogP) is 13.5. The molecular weight excluding hydrogens is 809 g/mol. The lowest BCUT2D eigenvalue weighted by Gasteiger charge is -2.21. The summed E-state index contributed by atoms with van der Waals surface area (Å²) < 4.78 is 24.4. The summed E-state index contributed by atoms with van der Waals surface area (Å²) in [6.07, 6.45) is 18.3. The van der Waals surface area contributed by atoms with Crippen molar-refractivity contribution in [2.45, 2.75) is 119 Å². The van der Waals surface area contributed by atoms with Crippen molar-refractivity contribution in [2.75, 3.05) is 14.2 Å². The lowest BCUT2D eigenvalue weighted by molar-refractivity contribution is 0.101. The van der Waals surface area contributed by atoms with Gasteiger partial charge in [0.25, 0.3) is 0 Å². The van der Waals surface area contributed by atoms with Gasteiger partial charge in [0.2, 0.25) is 0 Å². The maximum Gasteiger partial charge on any atom is 0.163 e. The van der Waals surface area contributed by atoms with E-state index in [1.54, 1.807) is 33.3 Å². The smallest absolute Gasteiger partial charge is 0.163 e. The molecule has 0 N–H and O–H groups in total. The van der Waals surface area contributed by atoms with Crippen molar-refractivity contribution < 1.29 is 23.7 Å². The van der Waals surface area contributed by atoms with E-state index in [-0.39, 0.29) is 30.8 Å². The standard InChI is InChI=1S/C56H68N4O5/c1-9-18-41(28-50-43(12-4)23-17-26-57-50)34-58-52-33-56(54(63-8)31-49(52)39(6)61)65-37-48-25-16-24-47(60-48)36-64-55-32-51(45(30-53(55)62-7)27-40-19-15-20-40)59-35-46(38(5)10-2)29-44-22-14-13-21-42(44)11-3/h13-14,16-17,21-27,30-35,38,41,46H,9-12,15,18-20,28-29,36-37H2,1-8H3. The summed E-state index contributed by atoms with van der Waals surface area (Å²) >= 11 is 0. The third kappa shape index (κ3) is 13.2. The van der Waals surface area contributed by atoms with Crippen LogP contribution in [0.15, 0.2) is 101 Å². The molecule has 1 saturated carbocycles. The summed E-state index contributed by atoms with van der Waals surface area (Å²) in [5.41, 5.74) is 10.9. The fourth-order valence-corrected chi connectivity index (χ4v) is 8.26. The number of ether oxygens (including phenoxy) is 4. The average Bonchev–Trinajstić information content (AvgIpc) is 3.31. The molecule has 65 heavy (non-hydrogen) atoms. The first-order chi connectivity index (χ1) is 31.7. The van der Waals surface area contributed by atoms with Gasteiger partial charge in [0.15, 0.2) is 28.8 Å². The van der Waals surface area contributed by atoms with E-state index in [1.165, 1.54) is 28.7 Å². The zero-order chi connectivity index (χ0) is 46.1. The molecule has 1 aliphatic carbocycles. The maximum absolute atomic E-state index is 12.9. The molecule has 1 fully saturated rings. The Balaban J connectivity index is 1.20. The van der Waals surface area contributed by atoms with Crippen molar-refractivity contribution in [1.29, 1.82) is 0 Å². The Bertz CT molecular complexity index is 2450. The first-order valence-electron chi connectivity index (χ1n) is 23.6. The molecule has 2 heterocycles. The van der Waals surface area contributed by atoms with Gasteiger partial charge in [-0.15, -0.1) is 0 Å². The number of rotatable bonds is 24. The Morgan fingerprint density at radius 2 is 1.38 bits per heavy atom. The molecular formula is C56H68N4O5. The average molecular weight is 877 g/mol. The second kappa shape index (κ2) is 24.3. The van der Waals surface area contributed by atoms with E-state index in [4.69, 9.17) is 33.9 Å². The Labute approximate surface area is 387 Å². The largest absolute Gasteiger partial charge is 0.493 e. The topological polar surface area (TPSA) is 104 Å². The number of ketones is 1. The van der Waals surface area contributed by atoms with Gasteiger partial charge in [0, 0.05) is 53.5 Å². The van der Waals surface area contributed by atoms with Crippen LogP contribution in [0.1, 0.15) is 130 Å². The van der Waals surface area contributed by atoms with Crippen LogP contribution in [0.3, 0.4) is 0 Å². The molecule has 3 unspecified atom stereocenters. The van der Waals surface area contributed by atoms with Crippen LogP contribution in [0.2, 0.25) is 0 Å². The minimum Gasteiger partial charge on any atom is -0.493 e. The summed E-state index contributed by atoms with van der Waals surface area (Å²) in [5, 5.41) is 0. The number of benzene rings is 3. The molecule has 6 rings (SSSR count). The van der Waals surface area contributed by atoms with Crippen molar-refractivity contribution in [3.8, 4) is 23.0 Å². The van der Waals surface area contributed by atoms with Gasteiger partial charge in [-0.25, -0.2) is 0 Å². The molecule has 3 atom stereocenters. The fraction of sp³-hybridized carbons (Fsp3) is 0.411. The highest BCUT2D eigenvalue weighted by atomic mass is 16.5. The van der Waals surface area contributed by atoms with Gasteiger partial charge in [0.05, 0.1) is 37.0 Å². The molecule has 0 aliphatic heterocycles. The second-order valence-electron chi connectivity index (χ2n) is 17.1. The van der Waals surface area contributed by atoms with E-state index in [1.807, 2.05) is 48.8 Å². The van der Waals surface area contributed by atoms with Crippen molar-refractivity contribution in [1.82, 2.24) is 9.97 Å². The lowest BCUT2D eigenvalue weighted by Crippen LogP contribution is -2.16. The van der Waals surface area contributed by atoms with Crippen LogP contribution in [0.5, 0.6) is 23.0 Å². The van der Waals surface area contributed by atoms with E-state index in [0.717, 1.165) is 80.4 Å². The molecule has 0 spiro atoms. The molecule has 0 bridgehead atoms. The first kappa shape index (κ1) is 48.4. The molecule has 342 valence electrons. The van der Waals surface area contributed by atoms with Crippen molar-refractivity contribution in [3.63, 3.8) is 0 Å². The lowest BCUT2D eigenvalue weighted by atomic mass is 9.85. The first-order valence-corrected chi connectivity index (χ1v) is 23.6. The number of hydrogen-bond acceptors (Lipinski definition) is 9. The molecule has 0 saturated heterocycles. The zero-order valence-corrected chi connectivity index (χ0v) is 39.9. The molecule has 0 amide bonds. The van der Waals surface area contributed by atoms with E-state index < -0.39 is 0 Å². The predicted molar refractivity (Wildman–Crippen MR) is 265 cm³/mol. The van der Waals surface area contributed by atoms with Gasteiger partial charge >= 0.3 is 0 Å². The molecule has 9 heteroatoms. The number of allylic oxidation sites excluding steroid dienone is 1. The SMILES string of the molecule is CCCC(C=Nc1cc(OCc2cccc(COc3cc(N=CC(Cc4ccccc4CC)C(C)CC)c(C=C4CCC4)cc3OC)n2)c(OC)cc1C(C)=O)Cc1ncccc1CC. The highest BCUT2D eigenvalue weighted by Crippen LogP contribution is 2.40. The van der Waals surface area contributed by atoms with Crippen LogP contribution >= 0.6 is 0 Å². The second-order valence-corrected chi connectivity index (χ2v) is 17.1. The molecule has 2 aromatic heterocycles. The van der Waals surface area contributed by atoms with Crippen LogP contribution in [0.4, 0.5) is 11.4 Å². The van der Waals surface area contributed by atoms with Gasteiger partial charge in [0.1, 0.15) is 13.2 Å². The number of aromatic nitrogens is 2. The van der Waals surface area contributed by atoms with E-state index in [0.29, 0.717) is 45.9 Å². The van der Waals surface area contributed by atoms with Crippen LogP contribution in [-0.2, 0) is 38.9 Å². The van der Waals surface area contributed by atoms with Crippen molar-refractivity contribution >= 4 is 35.7 Å². The van der Waals surface area contributed by atoms with Crippen LogP contribution < -0.4 is 18.9 Å². The summed E-state index contributed by atoms with van der Waals surface area (Å²) in [5.74, 6) is 2.96. The quantitative estimate of drug-likeness (QED) is 0.0449. The number of nitrogens with zero attached hydrogens (tertiary/aromatic N) is 4. The Kier molecular flexibility index (Phi) is 18.1. The van der Waals surface area contributed by atoms with Gasteiger partial charge in [-0.2, -0.15) is 0 Å². The zero-order valence-electron chi connectivity index (χ0n) is 39.9. The molecule has 1 aliphatic rings. The highest BCUT2D eigenvalue weighted by molar-refractivity contribution is 6.00. The van der Waals surface area contributed by atoms with Crippen LogP contribution in [-0.4, -0.2) is 42.4 Å². The summed E-state index contributed by atoms with van der Waals surface area (Å²) in [4.78, 5) is 32.5. The Morgan fingerprint density at radius 1 is 0.738 bits per heavy atom. The van der Waals surface area contributed by atoms with E-state index in [9.17, 15) is 4.79 Å². The van der Waals surface area contributed by atoms with Crippen LogP contribution in [0, 0.1) is 17.8 Å². The van der Waals surface area contributed by atoms with E-state index in [2.05, 4.69) is 82.2 Å². The Morgan fingerprint density at radius 3 is 2.00 bits per heavy atom. The maximum atomic E-state index is 12.9. The van der Waals surface area contributed by atoms with Gasteiger partial charge in [-0.1, -0.05) is 95.5 Å². The highest BCUT2D eigenvalue weighted by Gasteiger charge is 2.20. The van der Waals surface area contributed by atoms with Crippen LogP contribution in [0.25, 0.3) is 6.08 Å². The molecule has 5 aromatic rings. The van der Waals surface area contributed by atoms with Gasteiger partial charge in [-0.05, 0) is 117 Å². The number of aryl methyl sites for hydroxylation is 2. The molecule has 0 radical (unpaired) electrons. The number of carbonyl (C=O) groups is 1. The van der Waals surface area contributed by atoms with Gasteiger partial charge < -0.3 is 18.9 Å². The monoisotopic (exact) mass is 877 g/mol. The van der Waals surface area contributed by atoms with Crippen molar-refractivity contribution in [2.24, 2.45) is 27.7 Å². The number of pyridine rings is 2. The molecule has 9 nitrogen and oxygen atoms in total. The van der Waals surface area contributed by atoms with E-state index >= 15 is 0 Å². The Hall–Kier alpha value is -6.09. The summed E-state index contributed by atoms with van der Waals surface area (Å²) in [7, 11) is 3.24. The number of Topliss-reactive ketones (excluding diaryl/α,β-unsaturated/α-hetero) is 1. The van der Waals surface area contributed by atoms with Gasteiger partial charge in [-0.3, -0.25) is 24.7 Å². The third-order valence-electron chi connectivity index (χ3n) is 12.6. The minimum atomic E-state index is -0.106. The number of hydrogen-bond donors (Lipinski definition) is 0. The number of methoxy groups -OCH3 is 2. The summed E-state index contributed by atoms with van der Waals surface area (Å²) in [6, 6.07) is 26.2. The number of carbonyl (C=O) groups excluding carboxylic acids is 1. The number of aliphatic imine (C=N–C) groups is 2. The van der Waals surface area contributed by atoms with Crippen molar-refractivity contribution in [3.05, 3.63) is 136 Å². The molecule has 3 aromatic carbocycles. The minimum absolute atomic E-state index is 0.106. The fourth-order valence-electron chi connectivity index (χ4n) is 8.26.